The van der Waals surface area contributed by atoms with Gasteiger partial charge in [0.05, 0.1) is 32.4 Å². The number of fused-ring (bicyclic) bond motifs is 1. The zero-order valence-electron chi connectivity index (χ0n) is 17.8. The molecule has 1 aromatic carbocycles. The Morgan fingerprint density at radius 3 is 2.28 bits per heavy atom. The van der Waals surface area contributed by atoms with Crippen LogP contribution in [0.5, 0.6) is 0 Å². The molecular weight excluding hydrogens is 468 g/mol. The monoisotopic (exact) mass is 486 g/mol. The molecule has 0 unspecified atom stereocenters. The summed E-state index contributed by atoms with van der Waals surface area (Å²) in [6.45, 7) is 7.99. The zero-order valence-corrected chi connectivity index (χ0v) is 19.3. The number of halogens is 5. The van der Waals surface area contributed by atoms with Gasteiger partial charge in [0, 0.05) is 11.6 Å². The summed E-state index contributed by atoms with van der Waals surface area (Å²) in [5.74, 6) is -1.46. The third kappa shape index (κ3) is 4.47. The van der Waals surface area contributed by atoms with Crippen LogP contribution in [0.2, 0.25) is 10.0 Å². The van der Waals surface area contributed by atoms with Crippen molar-refractivity contribution < 1.29 is 27.5 Å². The molecule has 0 N–H and O–H groups in total. The van der Waals surface area contributed by atoms with Crippen molar-refractivity contribution in [3.63, 3.8) is 0 Å². The Kier molecular flexibility index (Phi) is 6.08. The molecule has 10 heteroatoms. The molecule has 0 saturated carbocycles. The lowest BCUT2D eigenvalue weighted by Gasteiger charge is -2.20. The predicted octanol–water partition coefficient (Wildman–Crippen LogP) is 6.62. The van der Waals surface area contributed by atoms with E-state index >= 15 is 0 Å². The van der Waals surface area contributed by atoms with E-state index in [1.54, 1.807) is 27.7 Å². The standard InChI is InChI=1S/C22H19Cl2F3N2O3/c1-10-9-29(18-11(2)28-15(8-13(10)18)22(25,26)27)19(30)16-14(23)7-6-12(17(16)24)20(31)32-21(3,4)5/h6-9H,1-5H3. The molecule has 0 amide bonds. The Balaban J connectivity index is 2.18. The number of benzene rings is 1. The van der Waals surface area contributed by atoms with Gasteiger partial charge in [-0.3, -0.25) is 9.36 Å². The molecule has 0 saturated heterocycles. The fraction of sp³-hybridized carbons (Fsp3) is 0.318. The molecule has 0 fully saturated rings. The molecule has 2 heterocycles. The number of alkyl halides is 3. The maximum absolute atomic E-state index is 13.4. The maximum Gasteiger partial charge on any atom is 0.433 e. The van der Waals surface area contributed by atoms with E-state index < -0.39 is 29.3 Å². The number of pyridine rings is 1. The minimum atomic E-state index is -4.63. The average Bonchev–Trinajstić information content (AvgIpc) is 2.97. The van der Waals surface area contributed by atoms with Gasteiger partial charge in [0.1, 0.15) is 11.3 Å². The van der Waals surface area contributed by atoms with E-state index in [9.17, 15) is 22.8 Å². The third-order valence-electron chi connectivity index (χ3n) is 4.59. The van der Waals surface area contributed by atoms with Crippen LogP contribution in [-0.2, 0) is 10.9 Å². The summed E-state index contributed by atoms with van der Waals surface area (Å²) >= 11 is 12.6. The number of carbonyl (C=O) groups excluding carboxylic acids is 2. The van der Waals surface area contributed by atoms with Crippen molar-refractivity contribution in [1.82, 2.24) is 9.55 Å². The first-order valence-electron chi connectivity index (χ1n) is 9.44. The lowest BCUT2D eigenvalue weighted by atomic mass is 10.1. The van der Waals surface area contributed by atoms with E-state index in [-0.39, 0.29) is 37.8 Å². The number of hydrogen-bond acceptors (Lipinski definition) is 4. The molecular formula is C22H19Cl2F3N2O3. The van der Waals surface area contributed by atoms with Crippen molar-refractivity contribution in [3.8, 4) is 0 Å². The highest BCUT2D eigenvalue weighted by Crippen LogP contribution is 2.35. The van der Waals surface area contributed by atoms with E-state index in [0.29, 0.717) is 5.56 Å². The van der Waals surface area contributed by atoms with Crippen molar-refractivity contribution >= 4 is 46.0 Å². The number of esters is 1. The van der Waals surface area contributed by atoms with Crippen LogP contribution in [0.25, 0.3) is 10.9 Å². The van der Waals surface area contributed by atoms with Crippen LogP contribution in [-0.4, -0.2) is 27.0 Å². The van der Waals surface area contributed by atoms with Crippen LogP contribution in [0.3, 0.4) is 0 Å². The highest BCUT2D eigenvalue weighted by molar-refractivity contribution is 6.41. The molecule has 5 nitrogen and oxygen atoms in total. The Labute approximate surface area is 192 Å². The first kappa shape index (κ1) is 24.1. The molecule has 3 aromatic rings. The topological polar surface area (TPSA) is 61.2 Å². The fourth-order valence-electron chi connectivity index (χ4n) is 3.26. The summed E-state index contributed by atoms with van der Waals surface area (Å²) in [5, 5.41) is -0.0215. The van der Waals surface area contributed by atoms with Crippen LogP contribution < -0.4 is 0 Å². The van der Waals surface area contributed by atoms with Gasteiger partial charge in [0.15, 0.2) is 0 Å². The quantitative estimate of drug-likeness (QED) is 0.381. The second kappa shape index (κ2) is 8.08. The molecule has 32 heavy (non-hydrogen) atoms. The van der Waals surface area contributed by atoms with E-state index in [1.807, 2.05) is 0 Å². The number of aryl methyl sites for hydroxylation is 2. The molecule has 170 valence electrons. The molecule has 0 aliphatic rings. The van der Waals surface area contributed by atoms with E-state index in [4.69, 9.17) is 27.9 Å². The van der Waals surface area contributed by atoms with Crippen molar-refractivity contribution in [2.45, 2.75) is 46.4 Å². The van der Waals surface area contributed by atoms with Crippen LogP contribution in [0, 0.1) is 13.8 Å². The SMILES string of the molecule is Cc1cn(C(=O)c2c(Cl)ccc(C(=O)OC(C)(C)C)c2Cl)c2c(C)nc(C(F)(F)F)cc12. The van der Waals surface area contributed by atoms with Gasteiger partial charge in [0.2, 0.25) is 0 Å². The summed E-state index contributed by atoms with van der Waals surface area (Å²) in [6.07, 6.45) is -3.25. The van der Waals surface area contributed by atoms with Crippen molar-refractivity contribution in [2.24, 2.45) is 0 Å². The average molecular weight is 487 g/mol. The molecule has 0 aliphatic carbocycles. The predicted molar refractivity (Wildman–Crippen MR) is 116 cm³/mol. The van der Waals surface area contributed by atoms with E-state index in [2.05, 4.69) is 4.98 Å². The van der Waals surface area contributed by atoms with Gasteiger partial charge in [-0.15, -0.1) is 0 Å². The number of ether oxygens (including phenoxy) is 1. The van der Waals surface area contributed by atoms with Gasteiger partial charge < -0.3 is 4.74 Å². The molecule has 0 aliphatic heterocycles. The normalized spacial score (nSPS) is 12.3. The largest absolute Gasteiger partial charge is 0.456 e. The minimum Gasteiger partial charge on any atom is -0.456 e. The Hall–Kier alpha value is -2.58. The third-order valence-corrected chi connectivity index (χ3v) is 5.30. The van der Waals surface area contributed by atoms with Crippen LogP contribution in [0.4, 0.5) is 13.2 Å². The van der Waals surface area contributed by atoms with E-state index in [1.165, 1.54) is 25.3 Å². The van der Waals surface area contributed by atoms with Gasteiger partial charge in [-0.25, -0.2) is 9.78 Å². The first-order chi connectivity index (χ1) is 14.6. The molecule has 0 radical (unpaired) electrons. The number of carbonyl (C=O) groups is 2. The van der Waals surface area contributed by atoms with Gasteiger partial charge >= 0.3 is 12.1 Å². The minimum absolute atomic E-state index is 0.00631. The summed E-state index contributed by atoms with van der Waals surface area (Å²) in [6, 6.07) is 3.57. The molecule has 0 spiro atoms. The molecule has 3 rings (SSSR count). The highest BCUT2D eigenvalue weighted by atomic mass is 35.5. The van der Waals surface area contributed by atoms with Crippen molar-refractivity contribution in [2.75, 3.05) is 0 Å². The smallest absolute Gasteiger partial charge is 0.433 e. The summed E-state index contributed by atoms with van der Waals surface area (Å²) in [7, 11) is 0. The van der Waals surface area contributed by atoms with Gasteiger partial charge in [0.25, 0.3) is 5.91 Å². The lowest BCUT2D eigenvalue weighted by Crippen LogP contribution is -2.24. The van der Waals surface area contributed by atoms with Crippen LogP contribution >= 0.6 is 23.2 Å². The Bertz CT molecular complexity index is 1260. The summed E-state index contributed by atoms with van der Waals surface area (Å²) in [5.41, 5.74) is -1.46. The highest BCUT2D eigenvalue weighted by Gasteiger charge is 2.34. The number of hydrogen-bond donors (Lipinski definition) is 0. The number of rotatable bonds is 2. The molecule has 0 bridgehead atoms. The van der Waals surface area contributed by atoms with Crippen molar-refractivity contribution in [3.05, 3.63) is 62.5 Å². The van der Waals surface area contributed by atoms with Gasteiger partial charge in [-0.05, 0) is 58.4 Å². The van der Waals surface area contributed by atoms with Gasteiger partial charge in [-0.2, -0.15) is 13.2 Å². The zero-order chi connectivity index (χ0) is 24.2. The maximum atomic E-state index is 13.4. The molecule has 2 aromatic heterocycles. The molecule has 0 atom stereocenters. The van der Waals surface area contributed by atoms with E-state index in [0.717, 1.165) is 10.6 Å². The summed E-state index contributed by atoms with van der Waals surface area (Å²) < 4.78 is 46.0. The summed E-state index contributed by atoms with van der Waals surface area (Å²) in [4.78, 5) is 29.5. The van der Waals surface area contributed by atoms with Crippen LogP contribution in [0.1, 0.15) is 58.4 Å². The van der Waals surface area contributed by atoms with Crippen molar-refractivity contribution in [1.29, 1.82) is 0 Å². The second-order valence-corrected chi connectivity index (χ2v) is 9.05. The Morgan fingerprint density at radius 2 is 1.72 bits per heavy atom. The van der Waals surface area contributed by atoms with Crippen LogP contribution in [0.15, 0.2) is 24.4 Å². The lowest BCUT2D eigenvalue weighted by molar-refractivity contribution is -0.141. The Morgan fingerprint density at radius 1 is 1.09 bits per heavy atom. The number of aromatic nitrogens is 2. The number of nitrogens with zero attached hydrogens (tertiary/aromatic N) is 2. The van der Waals surface area contributed by atoms with Gasteiger partial charge in [-0.1, -0.05) is 23.2 Å². The fourth-order valence-corrected chi connectivity index (χ4v) is 3.87. The second-order valence-electron chi connectivity index (χ2n) is 8.26. The first-order valence-corrected chi connectivity index (χ1v) is 10.2.